The summed E-state index contributed by atoms with van der Waals surface area (Å²) in [7, 11) is 1.77. The minimum absolute atomic E-state index is 0.0283. The van der Waals surface area contributed by atoms with E-state index in [9.17, 15) is 4.79 Å². The zero-order chi connectivity index (χ0) is 18.8. The van der Waals surface area contributed by atoms with Crippen molar-refractivity contribution in [3.63, 3.8) is 0 Å². The number of rotatable bonds is 6. The molecule has 3 heterocycles. The van der Waals surface area contributed by atoms with E-state index in [2.05, 4.69) is 5.10 Å². The smallest absolute Gasteiger partial charge is 0.278 e. The Bertz CT molecular complexity index is 945. The molecule has 1 saturated heterocycles. The molecule has 1 aliphatic rings. The molecule has 1 fully saturated rings. The molecular weight excluding hydrogens is 364 g/mol. The summed E-state index contributed by atoms with van der Waals surface area (Å²) in [5.74, 6) is 0.616. The molecule has 27 heavy (non-hydrogen) atoms. The standard InChI is InChI=1S/C19H22N4O3S/c1-3-25-15-7-4-8-16-17(15)21-19(27-16)23(12-13-6-5-11-26-13)18(24)14-9-10-20-22(14)2/h4,7-10,13H,3,5-6,11-12H2,1-2H3. The van der Waals surface area contributed by atoms with Crippen LogP contribution in [-0.4, -0.2) is 46.5 Å². The average Bonchev–Trinajstić information content (AvgIpc) is 3.40. The highest BCUT2D eigenvalue weighted by molar-refractivity contribution is 7.22. The number of benzene rings is 1. The largest absolute Gasteiger partial charge is 0.492 e. The van der Waals surface area contributed by atoms with Gasteiger partial charge < -0.3 is 9.47 Å². The highest BCUT2D eigenvalue weighted by atomic mass is 32.1. The van der Waals surface area contributed by atoms with E-state index in [1.54, 1.807) is 28.9 Å². The molecule has 0 bridgehead atoms. The van der Waals surface area contributed by atoms with Gasteiger partial charge in [0.05, 0.1) is 24.0 Å². The maximum Gasteiger partial charge on any atom is 0.278 e. The first-order valence-corrected chi connectivity index (χ1v) is 9.93. The molecule has 7 nitrogen and oxygen atoms in total. The summed E-state index contributed by atoms with van der Waals surface area (Å²) in [4.78, 5) is 19.7. The summed E-state index contributed by atoms with van der Waals surface area (Å²) in [6.07, 6.45) is 3.63. The van der Waals surface area contributed by atoms with Gasteiger partial charge in [-0.1, -0.05) is 17.4 Å². The van der Waals surface area contributed by atoms with Gasteiger partial charge in [0.2, 0.25) is 0 Å². The predicted molar refractivity (Wildman–Crippen MR) is 105 cm³/mol. The van der Waals surface area contributed by atoms with Crippen LogP contribution >= 0.6 is 11.3 Å². The molecule has 4 rings (SSSR count). The minimum atomic E-state index is -0.123. The first kappa shape index (κ1) is 17.9. The second-order valence-electron chi connectivity index (χ2n) is 6.42. The Hall–Kier alpha value is -2.45. The number of nitrogens with zero attached hydrogens (tertiary/aromatic N) is 4. The number of para-hydroxylation sites is 1. The van der Waals surface area contributed by atoms with Gasteiger partial charge >= 0.3 is 0 Å². The summed E-state index contributed by atoms with van der Waals surface area (Å²) in [6.45, 7) is 3.74. The van der Waals surface area contributed by atoms with Crippen molar-refractivity contribution < 1.29 is 14.3 Å². The fourth-order valence-electron chi connectivity index (χ4n) is 3.26. The van der Waals surface area contributed by atoms with Crippen LogP contribution in [0, 0.1) is 0 Å². The van der Waals surface area contributed by atoms with E-state index in [4.69, 9.17) is 14.5 Å². The van der Waals surface area contributed by atoms with Crippen LogP contribution in [0.25, 0.3) is 10.2 Å². The van der Waals surface area contributed by atoms with E-state index in [-0.39, 0.29) is 12.0 Å². The topological polar surface area (TPSA) is 69.5 Å². The van der Waals surface area contributed by atoms with E-state index in [1.807, 2.05) is 25.1 Å². The van der Waals surface area contributed by atoms with Crippen LogP contribution in [-0.2, 0) is 11.8 Å². The number of fused-ring (bicyclic) bond motifs is 1. The lowest BCUT2D eigenvalue weighted by Crippen LogP contribution is -2.38. The Kier molecular flexibility index (Phi) is 5.09. The second-order valence-corrected chi connectivity index (χ2v) is 7.43. The van der Waals surface area contributed by atoms with E-state index >= 15 is 0 Å². The van der Waals surface area contributed by atoms with Crippen molar-refractivity contribution in [2.75, 3.05) is 24.7 Å². The zero-order valence-electron chi connectivity index (χ0n) is 15.4. The van der Waals surface area contributed by atoms with Crippen molar-refractivity contribution in [3.05, 3.63) is 36.2 Å². The number of carbonyl (C=O) groups excluding carboxylic acids is 1. The minimum Gasteiger partial charge on any atom is -0.492 e. The number of thiazole rings is 1. The molecule has 8 heteroatoms. The highest BCUT2D eigenvalue weighted by Gasteiger charge is 2.28. The van der Waals surface area contributed by atoms with Gasteiger partial charge in [0.15, 0.2) is 5.13 Å². The maximum absolute atomic E-state index is 13.2. The van der Waals surface area contributed by atoms with Gasteiger partial charge in [0.1, 0.15) is 17.0 Å². The quantitative estimate of drug-likeness (QED) is 0.650. The van der Waals surface area contributed by atoms with E-state index in [0.717, 1.165) is 35.4 Å². The number of carbonyl (C=O) groups is 1. The van der Waals surface area contributed by atoms with Crippen LogP contribution in [0.15, 0.2) is 30.5 Å². The Morgan fingerprint density at radius 3 is 3.04 bits per heavy atom. The molecule has 142 valence electrons. The number of amides is 1. The van der Waals surface area contributed by atoms with E-state index in [1.165, 1.54) is 11.3 Å². The van der Waals surface area contributed by atoms with Crippen molar-refractivity contribution in [2.45, 2.75) is 25.9 Å². The third kappa shape index (κ3) is 3.54. The summed E-state index contributed by atoms with van der Waals surface area (Å²) < 4.78 is 14.1. The first-order valence-electron chi connectivity index (χ1n) is 9.11. The lowest BCUT2D eigenvalue weighted by atomic mass is 10.2. The van der Waals surface area contributed by atoms with Crippen molar-refractivity contribution in [2.24, 2.45) is 7.05 Å². The average molecular weight is 386 g/mol. The molecule has 1 atom stereocenters. The molecule has 0 radical (unpaired) electrons. The lowest BCUT2D eigenvalue weighted by molar-refractivity contribution is 0.0909. The molecule has 2 aromatic heterocycles. The summed E-state index contributed by atoms with van der Waals surface area (Å²) in [6, 6.07) is 7.58. The molecule has 3 aromatic rings. The van der Waals surface area contributed by atoms with Gasteiger partial charge in [-0.25, -0.2) is 4.98 Å². The van der Waals surface area contributed by atoms with E-state index in [0.29, 0.717) is 24.0 Å². The third-order valence-corrected chi connectivity index (χ3v) is 5.64. The normalized spacial score (nSPS) is 16.7. The fourth-order valence-corrected chi connectivity index (χ4v) is 4.25. The van der Waals surface area contributed by atoms with Crippen LogP contribution in [0.4, 0.5) is 5.13 Å². The van der Waals surface area contributed by atoms with Crippen molar-refractivity contribution in [1.82, 2.24) is 14.8 Å². The van der Waals surface area contributed by atoms with Crippen LogP contribution in [0.5, 0.6) is 5.75 Å². The monoisotopic (exact) mass is 386 g/mol. The molecule has 0 N–H and O–H groups in total. The molecule has 1 unspecified atom stereocenters. The number of anilines is 1. The number of hydrogen-bond donors (Lipinski definition) is 0. The number of aryl methyl sites for hydroxylation is 1. The van der Waals surface area contributed by atoms with Crippen LogP contribution in [0.1, 0.15) is 30.3 Å². The van der Waals surface area contributed by atoms with Gasteiger partial charge in [-0.05, 0) is 38.0 Å². The SMILES string of the molecule is CCOc1cccc2sc(N(CC3CCCO3)C(=O)c3ccnn3C)nc12. The number of ether oxygens (including phenoxy) is 2. The van der Waals surface area contributed by atoms with Gasteiger partial charge in [-0.3, -0.25) is 14.4 Å². The molecule has 0 aliphatic carbocycles. The van der Waals surface area contributed by atoms with Crippen LogP contribution in [0.3, 0.4) is 0 Å². The maximum atomic E-state index is 13.2. The summed E-state index contributed by atoms with van der Waals surface area (Å²) >= 11 is 1.49. The van der Waals surface area contributed by atoms with Gasteiger partial charge in [-0.15, -0.1) is 0 Å². The fraction of sp³-hybridized carbons (Fsp3) is 0.421. The number of aromatic nitrogens is 3. The molecule has 0 saturated carbocycles. The molecule has 1 amide bonds. The Morgan fingerprint density at radius 2 is 2.33 bits per heavy atom. The highest BCUT2D eigenvalue weighted by Crippen LogP contribution is 2.35. The van der Waals surface area contributed by atoms with Gasteiger partial charge in [0, 0.05) is 19.9 Å². The molecule has 0 spiro atoms. The van der Waals surface area contributed by atoms with Gasteiger partial charge in [-0.2, -0.15) is 5.10 Å². The van der Waals surface area contributed by atoms with Gasteiger partial charge in [0.25, 0.3) is 5.91 Å². The molecule has 1 aliphatic heterocycles. The Labute approximate surface area is 161 Å². The summed E-state index contributed by atoms with van der Waals surface area (Å²) in [5.41, 5.74) is 1.31. The first-order chi connectivity index (χ1) is 13.2. The van der Waals surface area contributed by atoms with Crippen LogP contribution in [0.2, 0.25) is 0 Å². The van der Waals surface area contributed by atoms with Crippen LogP contribution < -0.4 is 9.64 Å². The third-order valence-electron chi connectivity index (χ3n) is 4.60. The Morgan fingerprint density at radius 1 is 1.44 bits per heavy atom. The van der Waals surface area contributed by atoms with E-state index < -0.39 is 0 Å². The van der Waals surface area contributed by atoms with Crippen molar-refractivity contribution in [1.29, 1.82) is 0 Å². The van der Waals surface area contributed by atoms with Crippen molar-refractivity contribution >= 4 is 32.6 Å². The van der Waals surface area contributed by atoms with Crippen molar-refractivity contribution in [3.8, 4) is 5.75 Å². The summed E-state index contributed by atoms with van der Waals surface area (Å²) in [5, 5.41) is 4.78. The second kappa shape index (κ2) is 7.66. The predicted octanol–water partition coefficient (Wildman–Crippen LogP) is 3.25. The Balaban J connectivity index is 1.73. The zero-order valence-corrected chi connectivity index (χ0v) is 16.2. The number of hydrogen-bond acceptors (Lipinski definition) is 6. The molecule has 1 aromatic carbocycles. The lowest BCUT2D eigenvalue weighted by Gasteiger charge is -2.23. The molecular formula is C19H22N4O3S.